The van der Waals surface area contributed by atoms with E-state index in [0.717, 1.165) is 25.0 Å². The molecule has 1 amide bonds. The number of hydrogen-bond donors (Lipinski definition) is 1. The van der Waals surface area contributed by atoms with Crippen molar-refractivity contribution in [3.05, 3.63) is 35.6 Å². The number of nitrogens with one attached hydrogen (secondary N) is 1. The molecule has 166 valence electrons. The predicted molar refractivity (Wildman–Crippen MR) is 114 cm³/mol. The molecule has 1 N–H and O–H groups in total. The SMILES string of the molecule is CC1CN(C(=NCC(=O)N(C)C)NCC2CCCCO2)CC(c2ccc(F)cc2)O1. The highest BCUT2D eigenvalue weighted by Crippen LogP contribution is 2.25. The highest BCUT2D eigenvalue weighted by Gasteiger charge is 2.29. The van der Waals surface area contributed by atoms with Crippen molar-refractivity contribution in [1.29, 1.82) is 0 Å². The van der Waals surface area contributed by atoms with Crippen LogP contribution in [0.2, 0.25) is 0 Å². The van der Waals surface area contributed by atoms with E-state index in [1.165, 1.54) is 23.5 Å². The zero-order chi connectivity index (χ0) is 21.5. The van der Waals surface area contributed by atoms with Gasteiger partial charge in [0.15, 0.2) is 5.96 Å². The van der Waals surface area contributed by atoms with Gasteiger partial charge in [0.2, 0.25) is 5.91 Å². The topological polar surface area (TPSA) is 66.4 Å². The Balaban J connectivity index is 1.72. The van der Waals surface area contributed by atoms with Crippen LogP contribution in [0.25, 0.3) is 0 Å². The average molecular weight is 421 g/mol. The molecule has 1 aromatic rings. The third kappa shape index (κ3) is 6.40. The van der Waals surface area contributed by atoms with Crippen molar-refractivity contribution in [2.24, 2.45) is 4.99 Å². The maximum absolute atomic E-state index is 13.3. The van der Waals surface area contributed by atoms with E-state index < -0.39 is 0 Å². The summed E-state index contributed by atoms with van der Waals surface area (Å²) in [5, 5.41) is 3.42. The normalized spacial score (nSPS) is 25.1. The van der Waals surface area contributed by atoms with E-state index in [1.54, 1.807) is 26.2 Å². The van der Waals surface area contributed by atoms with Crippen molar-refractivity contribution >= 4 is 11.9 Å². The Morgan fingerprint density at radius 1 is 1.27 bits per heavy atom. The monoisotopic (exact) mass is 420 g/mol. The van der Waals surface area contributed by atoms with Crippen molar-refractivity contribution < 1.29 is 18.7 Å². The fourth-order valence-electron chi connectivity index (χ4n) is 3.71. The minimum atomic E-state index is -0.266. The molecule has 3 unspecified atom stereocenters. The van der Waals surface area contributed by atoms with Crippen molar-refractivity contribution in [2.75, 3.05) is 46.9 Å². The van der Waals surface area contributed by atoms with Crippen LogP contribution in [-0.4, -0.2) is 80.8 Å². The third-order valence-electron chi connectivity index (χ3n) is 5.43. The van der Waals surface area contributed by atoms with Crippen LogP contribution in [0.4, 0.5) is 4.39 Å². The standard InChI is InChI=1S/C22H33FN4O3/c1-16-14-27(15-20(30-16)17-7-9-18(23)10-8-17)22(25-13-21(28)26(2)3)24-12-19-6-4-5-11-29-19/h7-10,16,19-20H,4-6,11-15H2,1-3H3,(H,24,25). The maximum Gasteiger partial charge on any atom is 0.243 e. The van der Waals surface area contributed by atoms with E-state index in [4.69, 9.17) is 9.47 Å². The lowest BCUT2D eigenvalue weighted by atomic mass is 10.1. The van der Waals surface area contributed by atoms with Crippen molar-refractivity contribution in [1.82, 2.24) is 15.1 Å². The summed E-state index contributed by atoms with van der Waals surface area (Å²) in [4.78, 5) is 20.4. The Kier molecular flexibility index (Phi) is 8.04. The molecule has 3 rings (SSSR count). The summed E-state index contributed by atoms with van der Waals surface area (Å²) in [5.41, 5.74) is 0.923. The fraction of sp³-hybridized carbons (Fsp3) is 0.636. The predicted octanol–water partition coefficient (Wildman–Crippen LogP) is 2.19. The molecule has 8 heteroatoms. The average Bonchev–Trinajstić information content (AvgIpc) is 2.74. The molecular formula is C22H33FN4O3. The number of carbonyl (C=O) groups excluding carboxylic acids is 1. The van der Waals surface area contributed by atoms with Gasteiger partial charge in [0.05, 0.1) is 18.8 Å². The lowest BCUT2D eigenvalue weighted by Crippen LogP contribution is -2.52. The summed E-state index contributed by atoms with van der Waals surface area (Å²) < 4.78 is 25.3. The lowest BCUT2D eigenvalue weighted by molar-refractivity contribution is -0.127. The smallest absolute Gasteiger partial charge is 0.243 e. The number of likely N-dealkylation sites (N-methyl/N-ethyl adjacent to an activating group) is 1. The Bertz CT molecular complexity index is 720. The first-order chi connectivity index (χ1) is 14.4. The number of halogens is 1. The van der Waals surface area contributed by atoms with Gasteiger partial charge >= 0.3 is 0 Å². The van der Waals surface area contributed by atoms with Gasteiger partial charge in [-0.1, -0.05) is 12.1 Å². The summed E-state index contributed by atoms with van der Waals surface area (Å²) in [6.45, 7) is 4.76. The minimum Gasteiger partial charge on any atom is -0.376 e. The number of aliphatic imine (C=N–C) groups is 1. The van der Waals surface area contributed by atoms with Gasteiger partial charge in [-0.15, -0.1) is 0 Å². The largest absolute Gasteiger partial charge is 0.376 e. The van der Waals surface area contributed by atoms with E-state index in [2.05, 4.69) is 15.2 Å². The molecule has 0 saturated carbocycles. The second-order valence-corrected chi connectivity index (χ2v) is 8.19. The maximum atomic E-state index is 13.3. The number of hydrogen-bond acceptors (Lipinski definition) is 4. The second kappa shape index (κ2) is 10.7. The molecule has 2 aliphatic heterocycles. The number of guanidine groups is 1. The summed E-state index contributed by atoms with van der Waals surface area (Å²) in [6, 6.07) is 6.41. The first-order valence-corrected chi connectivity index (χ1v) is 10.7. The molecule has 30 heavy (non-hydrogen) atoms. The molecule has 1 aromatic carbocycles. The molecule has 0 spiro atoms. The Morgan fingerprint density at radius 2 is 2.03 bits per heavy atom. The second-order valence-electron chi connectivity index (χ2n) is 8.19. The zero-order valence-corrected chi connectivity index (χ0v) is 18.1. The van der Waals surface area contributed by atoms with E-state index >= 15 is 0 Å². The number of nitrogens with zero attached hydrogens (tertiary/aromatic N) is 3. The van der Waals surface area contributed by atoms with Crippen LogP contribution in [-0.2, 0) is 14.3 Å². The Morgan fingerprint density at radius 3 is 2.70 bits per heavy atom. The number of rotatable bonds is 5. The molecule has 2 fully saturated rings. The third-order valence-corrected chi connectivity index (χ3v) is 5.43. The number of benzene rings is 1. The quantitative estimate of drug-likeness (QED) is 0.584. The Labute approximate surface area is 178 Å². The molecule has 2 aliphatic rings. The zero-order valence-electron chi connectivity index (χ0n) is 18.1. The lowest BCUT2D eigenvalue weighted by Gasteiger charge is -2.39. The van der Waals surface area contributed by atoms with Crippen LogP contribution in [0.3, 0.4) is 0 Å². The molecule has 2 saturated heterocycles. The highest BCUT2D eigenvalue weighted by molar-refractivity contribution is 5.85. The molecule has 3 atom stereocenters. The minimum absolute atomic E-state index is 0.0312. The Hall–Kier alpha value is -2.19. The van der Waals surface area contributed by atoms with E-state index in [9.17, 15) is 9.18 Å². The number of amides is 1. The van der Waals surface area contributed by atoms with Gasteiger partial charge in [-0.25, -0.2) is 9.38 Å². The first kappa shape index (κ1) is 22.5. The van der Waals surface area contributed by atoms with Crippen LogP contribution in [0, 0.1) is 5.82 Å². The number of ether oxygens (including phenoxy) is 2. The van der Waals surface area contributed by atoms with Crippen LogP contribution < -0.4 is 5.32 Å². The molecule has 0 radical (unpaired) electrons. The van der Waals surface area contributed by atoms with Gasteiger partial charge in [-0.3, -0.25) is 4.79 Å². The molecule has 0 aliphatic carbocycles. The molecule has 2 heterocycles. The van der Waals surface area contributed by atoms with Gasteiger partial charge in [0.1, 0.15) is 18.5 Å². The summed E-state index contributed by atoms with van der Waals surface area (Å²) in [7, 11) is 3.45. The highest BCUT2D eigenvalue weighted by atomic mass is 19.1. The van der Waals surface area contributed by atoms with Crippen molar-refractivity contribution in [3.8, 4) is 0 Å². The summed E-state index contributed by atoms with van der Waals surface area (Å²) in [5.74, 6) is 0.360. The van der Waals surface area contributed by atoms with Gasteiger partial charge < -0.3 is 24.6 Å². The van der Waals surface area contributed by atoms with Crippen molar-refractivity contribution in [2.45, 2.75) is 44.5 Å². The van der Waals surface area contributed by atoms with Gasteiger partial charge in [-0.05, 0) is 43.9 Å². The fourth-order valence-corrected chi connectivity index (χ4v) is 3.71. The molecule has 0 bridgehead atoms. The number of morpholine rings is 1. The summed E-state index contributed by atoms with van der Waals surface area (Å²) >= 11 is 0. The van der Waals surface area contributed by atoms with Gasteiger partial charge in [0, 0.05) is 33.8 Å². The first-order valence-electron chi connectivity index (χ1n) is 10.7. The van der Waals surface area contributed by atoms with Crippen LogP contribution >= 0.6 is 0 Å². The summed E-state index contributed by atoms with van der Waals surface area (Å²) in [6.07, 6.45) is 3.22. The van der Waals surface area contributed by atoms with Crippen LogP contribution in [0.1, 0.15) is 37.9 Å². The number of carbonyl (C=O) groups is 1. The molecule has 0 aromatic heterocycles. The van der Waals surface area contributed by atoms with Gasteiger partial charge in [-0.2, -0.15) is 0 Å². The molecular weight excluding hydrogens is 387 g/mol. The van der Waals surface area contributed by atoms with Gasteiger partial charge in [0.25, 0.3) is 0 Å². The molecule has 7 nitrogen and oxygen atoms in total. The van der Waals surface area contributed by atoms with Crippen molar-refractivity contribution in [3.63, 3.8) is 0 Å². The van der Waals surface area contributed by atoms with Crippen LogP contribution in [0.15, 0.2) is 29.3 Å². The van der Waals surface area contributed by atoms with E-state index in [0.29, 0.717) is 25.6 Å². The van der Waals surface area contributed by atoms with Crippen LogP contribution in [0.5, 0.6) is 0 Å². The van der Waals surface area contributed by atoms with E-state index in [1.807, 2.05) is 6.92 Å². The van der Waals surface area contributed by atoms with E-state index in [-0.39, 0.29) is 36.6 Å².